The summed E-state index contributed by atoms with van der Waals surface area (Å²) in [5.74, 6) is 0.521. The van der Waals surface area contributed by atoms with Crippen LogP contribution >= 0.6 is 0 Å². The Bertz CT molecular complexity index is 1210. The number of piperazine rings is 1. The molecule has 1 N–H and O–H groups in total. The van der Waals surface area contributed by atoms with Crippen LogP contribution in [0.25, 0.3) is 0 Å². The average molecular weight is 460 g/mol. The Morgan fingerprint density at radius 1 is 1.00 bits per heavy atom. The number of hydrogen-bond acceptors (Lipinski definition) is 6. The van der Waals surface area contributed by atoms with Gasteiger partial charge in [-0.15, -0.1) is 0 Å². The van der Waals surface area contributed by atoms with Crippen LogP contribution in [-0.2, 0) is 4.79 Å². The number of hydrogen-bond donors (Lipinski definition) is 1. The lowest BCUT2D eigenvalue weighted by Gasteiger charge is -2.34. The number of furan rings is 1. The number of anilines is 1. The quantitative estimate of drug-likeness (QED) is 0.632. The minimum atomic E-state index is -0.382. The van der Waals surface area contributed by atoms with Gasteiger partial charge in [0.1, 0.15) is 11.7 Å². The minimum Gasteiger partial charge on any atom is -0.449 e. The van der Waals surface area contributed by atoms with Gasteiger partial charge in [0.25, 0.3) is 0 Å². The van der Waals surface area contributed by atoms with E-state index in [2.05, 4.69) is 15.1 Å². The van der Waals surface area contributed by atoms with Crippen molar-refractivity contribution < 1.29 is 13.6 Å². The Morgan fingerprint density at radius 3 is 2.38 bits per heavy atom. The Labute approximate surface area is 197 Å². The third-order valence-corrected chi connectivity index (χ3v) is 6.14. The summed E-state index contributed by atoms with van der Waals surface area (Å²) in [7, 11) is 0. The van der Waals surface area contributed by atoms with E-state index in [0.717, 1.165) is 49.0 Å². The van der Waals surface area contributed by atoms with Gasteiger partial charge in [0.2, 0.25) is 5.91 Å². The lowest BCUT2D eigenvalue weighted by Crippen LogP contribution is -2.50. The fourth-order valence-corrected chi connectivity index (χ4v) is 4.42. The smallest absolute Gasteiger partial charge is 0.239 e. The fraction of sp³-hybridized carbons (Fsp3) is 0.269. The highest BCUT2D eigenvalue weighted by Gasteiger charge is 2.28. The number of halogens is 1. The van der Waals surface area contributed by atoms with Gasteiger partial charge in [0.15, 0.2) is 5.88 Å². The number of carbonyl (C=O) groups excluding carboxylic acids is 1. The molecule has 0 aliphatic carbocycles. The molecule has 1 saturated heterocycles. The van der Waals surface area contributed by atoms with Crippen LogP contribution in [0.1, 0.15) is 18.4 Å². The molecule has 1 atom stereocenters. The third kappa shape index (κ3) is 4.77. The summed E-state index contributed by atoms with van der Waals surface area (Å²) < 4.78 is 19.1. The first-order chi connectivity index (χ1) is 16.6. The first kappa shape index (κ1) is 22.0. The highest BCUT2D eigenvalue weighted by molar-refractivity contribution is 6.17. The second-order valence-corrected chi connectivity index (χ2v) is 8.49. The predicted molar refractivity (Wildman–Crippen MR) is 131 cm³/mol. The first-order valence-corrected chi connectivity index (χ1v) is 11.4. The van der Waals surface area contributed by atoms with E-state index in [4.69, 9.17) is 14.4 Å². The number of para-hydroxylation sites is 2. The zero-order valence-corrected chi connectivity index (χ0v) is 18.9. The van der Waals surface area contributed by atoms with Gasteiger partial charge < -0.3 is 14.6 Å². The molecular formula is C26H26FN5O2. The number of rotatable bonds is 4. The van der Waals surface area contributed by atoms with Crippen LogP contribution in [0.15, 0.2) is 81.3 Å². The highest BCUT2D eigenvalue weighted by atomic mass is 19.1. The van der Waals surface area contributed by atoms with Gasteiger partial charge in [-0.25, -0.2) is 9.38 Å². The van der Waals surface area contributed by atoms with Crippen LogP contribution in [0.4, 0.5) is 21.6 Å². The SMILES string of the molecule is CC1=Nc2ccccc2N=C(NC(=O)CN2CCN(c3ccco3)CC2)C1c1ccc(F)cc1. The number of amides is 1. The molecule has 7 nitrogen and oxygen atoms in total. The van der Waals surface area contributed by atoms with E-state index in [-0.39, 0.29) is 24.2 Å². The van der Waals surface area contributed by atoms with Crippen molar-refractivity contribution in [2.24, 2.45) is 9.98 Å². The van der Waals surface area contributed by atoms with Gasteiger partial charge in [-0.1, -0.05) is 24.3 Å². The highest BCUT2D eigenvalue weighted by Crippen LogP contribution is 2.34. The van der Waals surface area contributed by atoms with Crippen molar-refractivity contribution in [1.29, 1.82) is 0 Å². The molecule has 34 heavy (non-hydrogen) atoms. The molecule has 1 aromatic heterocycles. The minimum absolute atomic E-state index is 0.135. The molecule has 0 spiro atoms. The van der Waals surface area contributed by atoms with E-state index in [9.17, 15) is 9.18 Å². The number of amidine groups is 1. The van der Waals surface area contributed by atoms with Gasteiger partial charge in [0.05, 0.1) is 30.1 Å². The monoisotopic (exact) mass is 459 g/mol. The van der Waals surface area contributed by atoms with Crippen LogP contribution in [0, 0.1) is 5.82 Å². The Balaban J connectivity index is 1.33. The number of carbonyl (C=O) groups is 1. The standard InChI is InChI=1S/C26H26FN5O2/c1-18-25(19-8-10-20(27)11-9-19)26(29-22-6-3-2-5-21(22)28-18)30-23(33)17-31-12-14-32(15-13-31)24-7-4-16-34-24/h2-11,16,25H,12-15,17H2,1H3,(H,29,30,33). The fourth-order valence-electron chi connectivity index (χ4n) is 4.42. The van der Waals surface area contributed by atoms with Gasteiger partial charge in [0, 0.05) is 38.0 Å². The lowest BCUT2D eigenvalue weighted by atomic mass is 9.93. The molecule has 1 fully saturated rings. The normalized spacial score (nSPS) is 18.5. The topological polar surface area (TPSA) is 73.4 Å². The summed E-state index contributed by atoms with van der Waals surface area (Å²) in [4.78, 5) is 26.9. The molecule has 2 aliphatic heterocycles. The summed E-state index contributed by atoms with van der Waals surface area (Å²) >= 11 is 0. The van der Waals surface area contributed by atoms with Crippen molar-refractivity contribution in [1.82, 2.24) is 10.2 Å². The van der Waals surface area contributed by atoms with E-state index >= 15 is 0 Å². The van der Waals surface area contributed by atoms with Gasteiger partial charge in [-0.05, 0) is 42.8 Å². The Kier molecular flexibility index (Phi) is 6.22. The van der Waals surface area contributed by atoms with Crippen molar-refractivity contribution in [3.63, 3.8) is 0 Å². The molecule has 0 bridgehead atoms. The number of aliphatic imine (C=N–C) groups is 2. The second kappa shape index (κ2) is 9.61. The summed E-state index contributed by atoms with van der Waals surface area (Å²) in [5, 5.41) is 3.04. The number of nitrogens with one attached hydrogen (secondary N) is 1. The molecule has 8 heteroatoms. The Hall–Kier alpha value is -3.78. The number of fused-ring (bicyclic) bond motifs is 1. The lowest BCUT2D eigenvalue weighted by molar-refractivity contribution is -0.120. The molecule has 174 valence electrons. The maximum Gasteiger partial charge on any atom is 0.239 e. The van der Waals surface area contributed by atoms with E-state index in [1.54, 1.807) is 18.4 Å². The van der Waals surface area contributed by atoms with Crippen molar-refractivity contribution in [2.75, 3.05) is 37.6 Å². The second-order valence-electron chi connectivity index (χ2n) is 8.49. The van der Waals surface area contributed by atoms with Gasteiger partial charge >= 0.3 is 0 Å². The van der Waals surface area contributed by atoms with Crippen LogP contribution in [0.2, 0.25) is 0 Å². The van der Waals surface area contributed by atoms with E-state index in [1.165, 1.54) is 12.1 Å². The maximum atomic E-state index is 13.6. The molecule has 2 aliphatic rings. The van der Waals surface area contributed by atoms with Crippen molar-refractivity contribution >= 4 is 34.7 Å². The zero-order valence-electron chi connectivity index (χ0n) is 18.9. The molecule has 1 amide bonds. The van der Waals surface area contributed by atoms with Crippen molar-refractivity contribution in [3.8, 4) is 0 Å². The summed E-state index contributed by atoms with van der Waals surface area (Å²) in [5.41, 5.74) is 3.03. The molecule has 3 aromatic rings. The summed E-state index contributed by atoms with van der Waals surface area (Å²) in [6.45, 7) is 5.26. The maximum absolute atomic E-state index is 13.6. The average Bonchev–Trinajstić information content (AvgIpc) is 3.33. The van der Waals surface area contributed by atoms with E-state index in [0.29, 0.717) is 11.5 Å². The molecular weight excluding hydrogens is 433 g/mol. The molecule has 2 aromatic carbocycles. The zero-order chi connectivity index (χ0) is 23.5. The largest absolute Gasteiger partial charge is 0.449 e. The summed E-state index contributed by atoms with van der Waals surface area (Å²) in [6, 6.07) is 17.7. The van der Waals surface area contributed by atoms with E-state index < -0.39 is 0 Å². The van der Waals surface area contributed by atoms with Crippen LogP contribution < -0.4 is 10.2 Å². The molecule has 0 saturated carbocycles. The van der Waals surface area contributed by atoms with E-state index in [1.807, 2.05) is 43.3 Å². The van der Waals surface area contributed by atoms with Crippen molar-refractivity contribution in [2.45, 2.75) is 12.8 Å². The summed E-state index contributed by atoms with van der Waals surface area (Å²) in [6.07, 6.45) is 1.67. The molecule has 0 radical (unpaired) electrons. The number of nitrogens with zero attached hydrogens (tertiary/aromatic N) is 4. The third-order valence-electron chi connectivity index (χ3n) is 6.14. The Morgan fingerprint density at radius 2 is 1.71 bits per heavy atom. The van der Waals surface area contributed by atoms with Crippen molar-refractivity contribution in [3.05, 3.63) is 78.3 Å². The van der Waals surface area contributed by atoms with Crippen LogP contribution in [-0.4, -0.2) is 55.1 Å². The van der Waals surface area contributed by atoms with Gasteiger partial charge in [-0.3, -0.25) is 14.7 Å². The molecule has 5 rings (SSSR count). The first-order valence-electron chi connectivity index (χ1n) is 11.4. The molecule has 3 heterocycles. The number of benzene rings is 2. The predicted octanol–water partition coefficient (Wildman–Crippen LogP) is 4.28. The van der Waals surface area contributed by atoms with Gasteiger partial charge in [-0.2, -0.15) is 0 Å². The van der Waals surface area contributed by atoms with Crippen LogP contribution in [0.3, 0.4) is 0 Å². The molecule has 1 unspecified atom stereocenters. The van der Waals surface area contributed by atoms with Crippen LogP contribution in [0.5, 0.6) is 0 Å².